The minimum atomic E-state index is -0.0454. The second-order valence-corrected chi connectivity index (χ2v) is 8.91. The molecule has 0 spiro atoms. The van der Waals surface area contributed by atoms with Gasteiger partial charge in [0.25, 0.3) is 0 Å². The minimum Gasteiger partial charge on any atom is -0.379 e. The normalized spacial score (nSPS) is 16.7. The lowest BCUT2D eigenvalue weighted by Crippen LogP contribution is -2.56. The maximum atomic E-state index is 12.2. The van der Waals surface area contributed by atoms with Gasteiger partial charge in [0, 0.05) is 31.7 Å². The molecule has 1 aromatic heterocycles. The Hall–Kier alpha value is -0.470. The molecule has 2 rings (SSSR count). The van der Waals surface area contributed by atoms with Crippen LogP contribution in [-0.4, -0.2) is 67.7 Å². The van der Waals surface area contributed by atoms with Crippen LogP contribution in [0.25, 0.3) is 0 Å². The number of amides is 1. The van der Waals surface area contributed by atoms with Crippen LogP contribution in [0.2, 0.25) is 0 Å². The number of halogens is 1. The molecule has 0 unspecified atom stereocenters. The van der Waals surface area contributed by atoms with Crippen LogP contribution in [0, 0.1) is 0 Å². The van der Waals surface area contributed by atoms with Crippen molar-refractivity contribution in [2.24, 2.45) is 0 Å². The van der Waals surface area contributed by atoms with E-state index in [1.54, 1.807) is 11.3 Å². The van der Waals surface area contributed by atoms with Crippen LogP contribution in [0.15, 0.2) is 15.2 Å². The standard InChI is InChI=1S/C16H26BrN3O2S/c1-16(2,20-4-6-22-7-5-20)12-18-15(21)10-19(3)9-13-8-14(17)23-11-13/h8,11H,4-7,9-10,12H2,1-3H3,(H,18,21). The lowest BCUT2D eigenvalue weighted by atomic mass is 10.0. The van der Waals surface area contributed by atoms with Gasteiger partial charge in [-0.15, -0.1) is 11.3 Å². The predicted molar refractivity (Wildman–Crippen MR) is 97.8 cm³/mol. The van der Waals surface area contributed by atoms with Gasteiger partial charge in [0.15, 0.2) is 0 Å². The molecule has 0 aromatic carbocycles. The highest BCUT2D eigenvalue weighted by molar-refractivity contribution is 9.11. The Morgan fingerprint density at radius 1 is 1.48 bits per heavy atom. The van der Waals surface area contributed by atoms with E-state index in [0.29, 0.717) is 13.1 Å². The van der Waals surface area contributed by atoms with E-state index < -0.39 is 0 Å². The molecule has 130 valence electrons. The number of ether oxygens (including phenoxy) is 1. The van der Waals surface area contributed by atoms with Crippen LogP contribution >= 0.6 is 27.3 Å². The molecule has 1 amide bonds. The highest BCUT2D eigenvalue weighted by Crippen LogP contribution is 2.21. The number of hydrogen-bond donors (Lipinski definition) is 1. The van der Waals surface area contributed by atoms with Crippen LogP contribution in [0.4, 0.5) is 0 Å². The molecule has 1 fully saturated rings. The summed E-state index contributed by atoms with van der Waals surface area (Å²) in [6.07, 6.45) is 0. The predicted octanol–water partition coefficient (Wildman–Crippen LogP) is 2.17. The highest BCUT2D eigenvalue weighted by Gasteiger charge is 2.28. The molecule has 0 atom stereocenters. The number of carbonyl (C=O) groups is 1. The fourth-order valence-electron chi connectivity index (χ4n) is 2.69. The molecule has 1 aliphatic heterocycles. The van der Waals surface area contributed by atoms with Crippen molar-refractivity contribution in [3.05, 3.63) is 20.8 Å². The first kappa shape index (κ1) is 18.9. The van der Waals surface area contributed by atoms with E-state index in [4.69, 9.17) is 4.74 Å². The second-order valence-electron chi connectivity index (χ2n) is 6.62. The quantitative estimate of drug-likeness (QED) is 0.757. The van der Waals surface area contributed by atoms with Gasteiger partial charge in [-0.1, -0.05) is 0 Å². The van der Waals surface area contributed by atoms with E-state index in [-0.39, 0.29) is 11.4 Å². The van der Waals surface area contributed by atoms with Crippen molar-refractivity contribution in [1.29, 1.82) is 0 Å². The Labute approximate surface area is 151 Å². The first-order chi connectivity index (χ1) is 10.9. The van der Waals surface area contributed by atoms with E-state index in [1.165, 1.54) is 5.56 Å². The number of nitrogens with one attached hydrogen (secondary N) is 1. The fraction of sp³-hybridized carbons (Fsp3) is 0.688. The van der Waals surface area contributed by atoms with Gasteiger partial charge in [0.05, 0.1) is 23.5 Å². The van der Waals surface area contributed by atoms with Gasteiger partial charge in [0.1, 0.15) is 0 Å². The van der Waals surface area contributed by atoms with Crippen molar-refractivity contribution >= 4 is 33.2 Å². The van der Waals surface area contributed by atoms with Gasteiger partial charge in [-0.2, -0.15) is 0 Å². The molecule has 0 radical (unpaired) electrons. The summed E-state index contributed by atoms with van der Waals surface area (Å²) in [6, 6.07) is 2.10. The summed E-state index contributed by atoms with van der Waals surface area (Å²) in [5.41, 5.74) is 1.18. The van der Waals surface area contributed by atoms with Crippen LogP contribution < -0.4 is 5.32 Å². The van der Waals surface area contributed by atoms with Crippen LogP contribution in [0.3, 0.4) is 0 Å². The molecule has 0 bridgehead atoms. The maximum absolute atomic E-state index is 12.2. The first-order valence-corrected chi connectivity index (χ1v) is 9.55. The first-order valence-electron chi connectivity index (χ1n) is 7.88. The summed E-state index contributed by atoms with van der Waals surface area (Å²) in [5.74, 6) is 0.0723. The third-order valence-electron chi connectivity index (χ3n) is 4.07. The van der Waals surface area contributed by atoms with Gasteiger partial charge < -0.3 is 10.1 Å². The third-order valence-corrected chi connectivity index (χ3v) is 5.63. The average Bonchev–Trinajstić information content (AvgIpc) is 2.91. The zero-order valence-electron chi connectivity index (χ0n) is 14.1. The molecule has 1 saturated heterocycles. The Kier molecular flexibility index (Phi) is 7.03. The molecule has 1 aromatic rings. The lowest BCUT2D eigenvalue weighted by Gasteiger charge is -2.40. The van der Waals surface area contributed by atoms with Crippen LogP contribution in [0.5, 0.6) is 0 Å². The van der Waals surface area contributed by atoms with Crippen molar-refractivity contribution in [3.8, 4) is 0 Å². The highest BCUT2D eigenvalue weighted by atomic mass is 79.9. The molecule has 1 aliphatic rings. The SMILES string of the molecule is CN(CC(=O)NCC(C)(C)N1CCOCC1)Cc1csc(Br)c1. The van der Waals surface area contributed by atoms with Gasteiger partial charge in [-0.05, 0) is 53.8 Å². The summed E-state index contributed by atoms with van der Waals surface area (Å²) in [6.45, 7) is 9.59. The Balaban J connectivity index is 1.73. The summed E-state index contributed by atoms with van der Waals surface area (Å²) >= 11 is 5.13. The fourth-order valence-corrected chi connectivity index (χ4v) is 3.89. The molecule has 0 aliphatic carbocycles. The van der Waals surface area contributed by atoms with Crippen molar-refractivity contribution < 1.29 is 9.53 Å². The lowest BCUT2D eigenvalue weighted by molar-refractivity contribution is -0.122. The van der Waals surface area contributed by atoms with Crippen molar-refractivity contribution in [2.45, 2.75) is 25.9 Å². The van der Waals surface area contributed by atoms with E-state index in [9.17, 15) is 4.79 Å². The molecule has 1 N–H and O–H groups in total. The number of rotatable bonds is 7. The Morgan fingerprint density at radius 2 is 2.17 bits per heavy atom. The second kappa shape index (κ2) is 8.58. The van der Waals surface area contributed by atoms with Gasteiger partial charge in [-0.3, -0.25) is 14.6 Å². The molecular formula is C16H26BrN3O2S. The largest absolute Gasteiger partial charge is 0.379 e. The Morgan fingerprint density at radius 3 is 2.78 bits per heavy atom. The average molecular weight is 404 g/mol. The molecule has 23 heavy (non-hydrogen) atoms. The summed E-state index contributed by atoms with van der Waals surface area (Å²) in [4.78, 5) is 16.6. The zero-order valence-corrected chi connectivity index (χ0v) is 16.5. The Bertz CT molecular complexity index is 515. The summed E-state index contributed by atoms with van der Waals surface area (Å²) < 4.78 is 6.52. The van der Waals surface area contributed by atoms with Crippen molar-refractivity contribution in [1.82, 2.24) is 15.1 Å². The minimum absolute atomic E-state index is 0.0454. The molecule has 2 heterocycles. The molecule has 5 nitrogen and oxygen atoms in total. The summed E-state index contributed by atoms with van der Waals surface area (Å²) in [5, 5.41) is 5.18. The van der Waals surface area contributed by atoms with E-state index in [2.05, 4.69) is 51.4 Å². The number of hydrogen-bond acceptors (Lipinski definition) is 5. The van der Waals surface area contributed by atoms with E-state index in [0.717, 1.165) is 36.6 Å². The van der Waals surface area contributed by atoms with Crippen LogP contribution in [-0.2, 0) is 16.1 Å². The topological polar surface area (TPSA) is 44.8 Å². The van der Waals surface area contributed by atoms with E-state index >= 15 is 0 Å². The number of carbonyl (C=O) groups excluding carboxylic acids is 1. The number of thiophene rings is 1. The number of morpholine rings is 1. The molecular weight excluding hydrogens is 378 g/mol. The number of nitrogens with zero attached hydrogens (tertiary/aromatic N) is 2. The van der Waals surface area contributed by atoms with Gasteiger partial charge >= 0.3 is 0 Å². The molecule has 0 saturated carbocycles. The van der Waals surface area contributed by atoms with Crippen molar-refractivity contribution in [2.75, 3.05) is 46.4 Å². The monoisotopic (exact) mass is 403 g/mol. The van der Waals surface area contributed by atoms with Crippen molar-refractivity contribution in [3.63, 3.8) is 0 Å². The maximum Gasteiger partial charge on any atom is 0.234 e. The van der Waals surface area contributed by atoms with Crippen LogP contribution in [0.1, 0.15) is 19.4 Å². The van der Waals surface area contributed by atoms with E-state index in [1.807, 2.05) is 11.9 Å². The molecule has 7 heteroatoms. The van der Waals surface area contributed by atoms with Gasteiger partial charge in [0.2, 0.25) is 5.91 Å². The smallest absolute Gasteiger partial charge is 0.234 e. The van der Waals surface area contributed by atoms with Gasteiger partial charge in [-0.25, -0.2) is 0 Å². The number of likely N-dealkylation sites (N-methyl/N-ethyl adjacent to an activating group) is 1. The summed E-state index contributed by atoms with van der Waals surface area (Å²) in [7, 11) is 1.97. The zero-order chi connectivity index (χ0) is 16.9. The third kappa shape index (κ3) is 6.15.